The molecule has 0 aliphatic carbocycles. The number of alkyl halides is 1. The van der Waals surface area contributed by atoms with E-state index in [9.17, 15) is 9.59 Å². The molecule has 0 saturated heterocycles. The van der Waals surface area contributed by atoms with Crippen LogP contribution < -0.4 is 11.2 Å². The molecule has 2 aromatic rings. The Kier molecular flexibility index (Phi) is 3.21. The van der Waals surface area contributed by atoms with Gasteiger partial charge in [-0.05, 0) is 0 Å². The van der Waals surface area contributed by atoms with Crippen LogP contribution in [0, 0.1) is 0 Å². The summed E-state index contributed by atoms with van der Waals surface area (Å²) in [7, 11) is 0. The van der Waals surface area contributed by atoms with Crippen LogP contribution in [0.4, 0.5) is 0 Å². The zero-order valence-corrected chi connectivity index (χ0v) is 9.72. The van der Waals surface area contributed by atoms with E-state index in [2.05, 4.69) is 9.97 Å². The van der Waals surface area contributed by atoms with Gasteiger partial charge in [-0.2, -0.15) is 0 Å². The molecule has 0 spiro atoms. The van der Waals surface area contributed by atoms with Crippen molar-refractivity contribution in [1.29, 1.82) is 0 Å². The minimum atomic E-state index is -0.435. The number of thiazole rings is 1. The molecule has 7 heteroatoms. The lowest BCUT2D eigenvalue weighted by atomic mass is 10.5. The van der Waals surface area contributed by atoms with Crippen LogP contribution in [0.3, 0.4) is 0 Å². The highest BCUT2D eigenvalue weighted by Gasteiger charge is 2.03. The number of aromatic amines is 1. The standard InChI is InChI=1S/C9H8ClN3O2S/c10-3-6-5-16-8(11-6)4-13-2-1-7(14)12-9(13)15/h1-2,5H,3-4H2,(H,12,14,15). The van der Waals surface area contributed by atoms with Gasteiger partial charge in [0.1, 0.15) is 5.01 Å². The maximum Gasteiger partial charge on any atom is 0.328 e. The third kappa shape index (κ3) is 2.40. The van der Waals surface area contributed by atoms with Crippen molar-refractivity contribution in [2.45, 2.75) is 12.4 Å². The SMILES string of the molecule is O=c1ccn(Cc2nc(CCl)cs2)c(=O)[nH]1. The third-order valence-corrected chi connectivity index (χ3v) is 3.09. The zero-order valence-electron chi connectivity index (χ0n) is 8.14. The summed E-state index contributed by atoms with van der Waals surface area (Å²) in [6.07, 6.45) is 1.45. The monoisotopic (exact) mass is 257 g/mol. The van der Waals surface area contributed by atoms with Crippen molar-refractivity contribution < 1.29 is 0 Å². The predicted octanol–water partition coefficient (Wildman–Crippen LogP) is 0.780. The largest absolute Gasteiger partial charge is 0.328 e. The van der Waals surface area contributed by atoms with Gasteiger partial charge in [0.2, 0.25) is 0 Å². The van der Waals surface area contributed by atoms with Crippen LogP contribution in [-0.2, 0) is 12.4 Å². The van der Waals surface area contributed by atoms with E-state index in [1.54, 1.807) is 0 Å². The summed E-state index contributed by atoms with van der Waals surface area (Å²) < 4.78 is 1.39. The van der Waals surface area contributed by atoms with Crippen molar-refractivity contribution in [1.82, 2.24) is 14.5 Å². The van der Waals surface area contributed by atoms with E-state index in [-0.39, 0.29) is 0 Å². The smallest absolute Gasteiger partial charge is 0.294 e. The molecule has 0 aliphatic heterocycles. The Morgan fingerprint density at radius 1 is 1.50 bits per heavy atom. The second kappa shape index (κ2) is 4.63. The average molecular weight is 258 g/mol. The molecule has 2 rings (SSSR count). The average Bonchev–Trinajstić information content (AvgIpc) is 2.70. The second-order valence-electron chi connectivity index (χ2n) is 3.10. The lowest BCUT2D eigenvalue weighted by molar-refractivity contribution is 0.715. The molecule has 0 saturated carbocycles. The van der Waals surface area contributed by atoms with Gasteiger partial charge in [0.25, 0.3) is 5.56 Å². The van der Waals surface area contributed by atoms with Crippen LogP contribution in [0.25, 0.3) is 0 Å². The summed E-state index contributed by atoms with van der Waals surface area (Å²) in [5, 5.41) is 2.63. The molecule has 0 bridgehead atoms. The summed E-state index contributed by atoms with van der Waals surface area (Å²) in [6.45, 7) is 0.344. The first kappa shape index (κ1) is 11.1. The van der Waals surface area contributed by atoms with Gasteiger partial charge >= 0.3 is 5.69 Å². The Labute approximate surface area is 99.4 Å². The van der Waals surface area contributed by atoms with E-state index < -0.39 is 11.2 Å². The van der Waals surface area contributed by atoms with Gasteiger partial charge in [0.05, 0.1) is 18.1 Å². The third-order valence-electron chi connectivity index (χ3n) is 1.94. The van der Waals surface area contributed by atoms with Crippen molar-refractivity contribution in [3.63, 3.8) is 0 Å². The molecule has 0 aromatic carbocycles. The van der Waals surface area contributed by atoms with Gasteiger partial charge < -0.3 is 0 Å². The van der Waals surface area contributed by atoms with Gasteiger partial charge in [0, 0.05) is 17.6 Å². The number of hydrogen-bond acceptors (Lipinski definition) is 4. The van der Waals surface area contributed by atoms with Crippen LogP contribution in [0.2, 0.25) is 0 Å². The first-order chi connectivity index (χ1) is 7.69. The summed E-state index contributed by atoms with van der Waals surface area (Å²) in [5.41, 5.74) is -0.0453. The normalized spacial score (nSPS) is 10.6. The van der Waals surface area contributed by atoms with Gasteiger partial charge in [-0.1, -0.05) is 0 Å². The van der Waals surface area contributed by atoms with Crippen molar-refractivity contribution in [2.75, 3.05) is 0 Å². The highest BCUT2D eigenvalue weighted by atomic mass is 35.5. The lowest BCUT2D eigenvalue weighted by Crippen LogP contribution is -2.28. The zero-order chi connectivity index (χ0) is 11.5. The number of H-pyrrole nitrogens is 1. The summed E-state index contributed by atoms with van der Waals surface area (Å²) >= 11 is 7.06. The van der Waals surface area contributed by atoms with Crippen LogP contribution in [0.1, 0.15) is 10.7 Å². The molecule has 0 unspecified atom stereocenters. The van der Waals surface area contributed by atoms with Crippen LogP contribution in [-0.4, -0.2) is 14.5 Å². The quantitative estimate of drug-likeness (QED) is 0.827. The van der Waals surface area contributed by atoms with Crippen molar-refractivity contribution >= 4 is 22.9 Å². The Morgan fingerprint density at radius 2 is 2.31 bits per heavy atom. The summed E-state index contributed by atoms with van der Waals surface area (Å²) in [6, 6.07) is 1.30. The van der Waals surface area contributed by atoms with Gasteiger partial charge in [0.15, 0.2) is 0 Å². The van der Waals surface area contributed by atoms with Crippen molar-refractivity contribution in [2.24, 2.45) is 0 Å². The summed E-state index contributed by atoms with van der Waals surface area (Å²) in [4.78, 5) is 28.6. The second-order valence-corrected chi connectivity index (χ2v) is 4.31. The lowest BCUT2D eigenvalue weighted by Gasteiger charge is -2.00. The Morgan fingerprint density at radius 3 is 2.94 bits per heavy atom. The van der Waals surface area contributed by atoms with Crippen molar-refractivity contribution in [3.8, 4) is 0 Å². The van der Waals surface area contributed by atoms with E-state index in [0.717, 1.165) is 10.7 Å². The molecule has 0 aliphatic rings. The first-order valence-corrected chi connectivity index (χ1v) is 5.89. The van der Waals surface area contributed by atoms with E-state index in [1.165, 1.54) is 28.2 Å². The summed E-state index contributed by atoms with van der Waals surface area (Å²) in [5.74, 6) is 0.358. The Balaban J connectivity index is 2.27. The maximum atomic E-state index is 11.4. The number of halogens is 1. The molecule has 0 amide bonds. The number of nitrogens with one attached hydrogen (secondary N) is 1. The molecule has 1 N–H and O–H groups in total. The molecule has 84 valence electrons. The highest BCUT2D eigenvalue weighted by Crippen LogP contribution is 2.11. The fraction of sp³-hybridized carbons (Fsp3) is 0.222. The molecule has 0 radical (unpaired) electrons. The van der Waals surface area contributed by atoms with Gasteiger partial charge in [-0.25, -0.2) is 9.78 Å². The molecule has 16 heavy (non-hydrogen) atoms. The van der Waals surface area contributed by atoms with Crippen LogP contribution in [0.5, 0.6) is 0 Å². The number of nitrogens with zero attached hydrogens (tertiary/aromatic N) is 2. The molecule has 2 aromatic heterocycles. The maximum absolute atomic E-state index is 11.4. The minimum Gasteiger partial charge on any atom is -0.294 e. The van der Waals surface area contributed by atoms with Crippen LogP contribution >= 0.6 is 22.9 Å². The van der Waals surface area contributed by atoms with Gasteiger partial charge in [-0.3, -0.25) is 14.3 Å². The number of rotatable bonds is 3. The molecular weight excluding hydrogens is 250 g/mol. The predicted molar refractivity (Wildman–Crippen MR) is 62.1 cm³/mol. The Bertz CT molecular complexity index is 601. The molecule has 2 heterocycles. The van der Waals surface area contributed by atoms with E-state index >= 15 is 0 Å². The fourth-order valence-corrected chi connectivity index (χ4v) is 2.22. The molecule has 0 atom stereocenters. The topological polar surface area (TPSA) is 67.8 Å². The highest BCUT2D eigenvalue weighted by molar-refractivity contribution is 7.09. The molecular formula is C9H8ClN3O2S. The van der Waals surface area contributed by atoms with Crippen LogP contribution in [0.15, 0.2) is 27.2 Å². The van der Waals surface area contributed by atoms with Crippen molar-refractivity contribution in [3.05, 3.63) is 49.2 Å². The first-order valence-electron chi connectivity index (χ1n) is 4.48. The number of aromatic nitrogens is 3. The minimum absolute atomic E-state index is 0.344. The van der Waals surface area contributed by atoms with E-state index in [0.29, 0.717) is 12.4 Å². The van der Waals surface area contributed by atoms with E-state index in [1.807, 2.05) is 5.38 Å². The van der Waals surface area contributed by atoms with E-state index in [4.69, 9.17) is 11.6 Å². The fourth-order valence-electron chi connectivity index (χ4n) is 1.20. The number of hydrogen-bond donors (Lipinski definition) is 1. The molecule has 0 fully saturated rings. The van der Waals surface area contributed by atoms with Gasteiger partial charge in [-0.15, -0.1) is 22.9 Å². The Hall–Kier alpha value is -1.40. The molecule has 5 nitrogen and oxygen atoms in total.